The second-order valence-corrected chi connectivity index (χ2v) is 3.60. The van der Waals surface area contributed by atoms with Gasteiger partial charge in [-0.15, -0.1) is 0 Å². The number of aromatic nitrogens is 1. The fourth-order valence-corrected chi connectivity index (χ4v) is 1.23. The fourth-order valence-electron chi connectivity index (χ4n) is 1.18. The quantitative estimate of drug-likeness (QED) is 0.448. The molecule has 6 heteroatoms. The summed E-state index contributed by atoms with van der Waals surface area (Å²) in [5.74, 6) is 0. The number of nitrogens with one attached hydrogen (secondary N) is 2. The number of hydrogen-bond donors (Lipinski definition) is 2. The minimum atomic E-state index is 0.449. The summed E-state index contributed by atoms with van der Waals surface area (Å²) in [7, 11) is 3.56. The molecule has 1 aromatic heterocycles. The van der Waals surface area contributed by atoms with E-state index in [0.717, 1.165) is 11.3 Å². The monoisotopic (exact) mass is 235 g/mol. The van der Waals surface area contributed by atoms with Gasteiger partial charge < -0.3 is 9.88 Å². The molecule has 1 heterocycles. The van der Waals surface area contributed by atoms with Crippen LogP contribution in [0.3, 0.4) is 0 Å². The summed E-state index contributed by atoms with van der Waals surface area (Å²) in [6.45, 7) is 1.93. The Morgan fingerprint density at radius 3 is 2.88 bits per heavy atom. The minimum Gasteiger partial charge on any atom is -0.364 e. The molecule has 0 aromatic carbocycles. The topological polar surface area (TPSA) is 65.1 Å². The first-order chi connectivity index (χ1) is 7.60. The molecule has 0 spiro atoms. The Bertz CT molecular complexity index is 466. The van der Waals surface area contributed by atoms with Crippen LogP contribution in [0.15, 0.2) is 11.2 Å². The number of hydrogen-bond acceptors (Lipinski definition) is 3. The molecule has 1 aromatic rings. The average Bonchev–Trinajstić information content (AvgIpc) is 2.56. The Kier molecular flexibility index (Phi) is 4.03. The highest BCUT2D eigenvalue weighted by Gasteiger charge is 2.05. The van der Waals surface area contributed by atoms with Crippen LogP contribution in [-0.2, 0) is 7.05 Å². The van der Waals surface area contributed by atoms with Gasteiger partial charge in [-0.3, -0.25) is 5.43 Å². The molecule has 2 N–H and O–H groups in total. The lowest BCUT2D eigenvalue weighted by Crippen LogP contribution is -2.28. The highest BCUT2D eigenvalue weighted by molar-refractivity contribution is 7.80. The van der Waals surface area contributed by atoms with Crippen LogP contribution in [0.5, 0.6) is 0 Å². The Morgan fingerprint density at radius 2 is 2.38 bits per heavy atom. The summed E-state index contributed by atoms with van der Waals surface area (Å²) in [5.41, 5.74) is 5.14. The molecule has 0 bridgehead atoms. The predicted octanol–water partition coefficient (Wildman–Crippen LogP) is 0.633. The maximum absolute atomic E-state index is 8.85. The summed E-state index contributed by atoms with van der Waals surface area (Å²) >= 11 is 4.86. The van der Waals surface area contributed by atoms with Crippen LogP contribution in [-0.4, -0.2) is 22.9 Å². The zero-order valence-electron chi connectivity index (χ0n) is 9.40. The Labute approximate surface area is 99.8 Å². The van der Waals surface area contributed by atoms with Crippen LogP contribution in [0.25, 0.3) is 0 Å². The van der Waals surface area contributed by atoms with Crippen molar-refractivity contribution >= 4 is 23.5 Å². The average molecular weight is 235 g/mol. The van der Waals surface area contributed by atoms with Crippen molar-refractivity contribution in [3.8, 4) is 6.07 Å². The highest BCUT2D eigenvalue weighted by Crippen LogP contribution is 2.10. The molecule has 1 rings (SSSR count). The third-order valence-electron chi connectivity index (χ3n) is 2.29. The molecule has 5 nitrogen and oxygen atoms in total. The van der Waals surface area contributed by atoms with E-state index in [1.807, 2.05) is 18.5 Å². The molecule has 16 heavy (non-hydrogen) atoms. The molecular weight excluding hydrogens is 222 g/mol. The lowest BCUT2D eigenvalue weighted by Gasteiger charge is -2.00. The molecule has 0 fully saturated rings. The summed E-state index contributed by atoms with van der Waals surface area (Å²) in [6, 6.07) is 3.89. The van der Waals surface area contributed by atoms with Gasteiger partial charge in [0.1, 0.15) is 11.8 Å². The largest absolute Gasteiger partial charge is 0.364 e. The van der Waals surface area contributed by atoms with E-state index in [0.29, 0.717) is 10.8 Å². The summed E-state index contributed by atoms with van der Waals surface area (Å²) in [6.07, 6.45) is 1.64. The summed E-state index contributed by atoms with van der Waals surface area (Å²) in [4.78, 5) is 0. The van der Waals surface area contributed by atoms with Crippen LogP contribution >= 0.6 is 12.2 Å². The van der Waals surface area contributed by atoms with E-state index in [1.54, 1.807) is 19.3 Å². The van der Waals surface area contributed by atoms with Crippen LogP contribution in [0.2, 0.25) is 0 Å². The van der Waals surface area contributed by atoms with E-state index in [4.69, 9.17) is 17.5 Å². The second kappa shape index (κ2) is 5.28. The summed E-state index contributed by atoms with van der Waals surface area (Å²) in [5, 5.41) is 16.0. The smallest absolute Gasteiger partial charge is 0.186 e. The first-order valence-electron chi connectivity index (χ1n) is 4.67. The zero-order chi connectivity index (χ0) is 12.1. The Balaban J connectivity index is 2.83. The third kappa shape index (κ3) is 2.58. The van der Waals surface area contributed by atoms with Crippen molar-refractivity contribution in [3.05, 3.63) is 23.0 Å². The minimum absolute atomic E-state index is 0.449. The first kappa shape index (κ1) is 12.2. The lowest BCUT2D eigenvalue weighted by molar-refractivity contribution is 0.865. The lowest BCUT2D eigenvalue weighted by atomic mass is 10.3. The highest BCUT2D eigenvalue weighted by atomic mass is 32.1. The van der Waals surface area contributed by atoms with Gasteiger partial charge in [0.05, 0.1) is 6.21 Å². The molecule has 0 aliphatic rings. The van der Waals surface area contributed by atoms with Gasteiger partial charge >= 0.3 is 0 Å². The molecule has 0 radical (unpaired) electrons. The third-order valence-corrected chi connectivity index (χ3v) is 2.58. The number of thiocarbonyl (C=S) groups is 1. The Morgan fingerprint density at radius 1 is 1.69 bits per heavy atom. The fraction of sp³-hybridized carbons (Fsp3) is 0.300. The molecule has 84 valence electrons. The maximum Gasteiger partial charge on any atom is 0.186 e. The molecule has 0 aliphatic carbocycles. The number of rotatable bonds is 2. The molecule has 0 atom stereocenters. The van der Waals surface area contributed by atoms with Gasteiger partial charge in [-0.2, -0.15) is 10.4 Å². The van der Waals surface area contributed by atoms with Gasteiger partial charge in [-0.05, 0) is 25.2 Å². The normalized spacial score (nSPS) is 10.1. The van der Waals surface area contributed by atoms with E-state index < -0.39 is 0 Å². The SMILES string of the molecule is CNC(=S)N/N=C\c1cc(C#N)n(C)c1C. The number of nitrogens with zero attached hydrogens (tertiary/aromatic N) is 3. The number of nitriles is 1. The van der Waals surface area contributed by atoms with Crippen LogP contribution in [0.1, 0.15) is 17.0 Å². The maximum atomic E-state index is 8.85. The van der Waals surface area contributed by atoms with Gasteiger partial charge in [0, 0.05) is 25.4 Å². The van der Waals surface area contributed by atoms with Crippen LogP contribution in [0.4, 0.5) is 0 Å². The molecular formula is C10H13N5S. The van der Waals surface area contributed by atoms with Gasteiger partial charge in [0.15, 0.2) is 5.11 Å². The van der Waals surface area contributed by atoms with E-state index in [1.165, 1.54) is 0 Å². The van der Waals surface area contributed by atoms with Crippen molar-refractivity contribution in [1.82, 2.24) is 15.3 Å². The van der Waals surface area contributed by atoms with Crippen molar-refractivity contribution in [2.75, 3.05) is 7.05 Å². The van der Waals surface area contributed by atoms with Gasteiger partial charge in [-0.1, -0.05) is 0 Å². The van der Waals surface area contributed by atoms with Crippen molar-refractivity contribution in [2.45, 2.75) is 6.92 Å². The molecule has 0 saturated heterocycles. The van der Waals surface area contributed by atoms with Gasteiger partial charge in [0.25, 0.3) is 0 Å². The van der Waals surface area contributed by atoms with E-state index in [9.17, 15) is 0 Å². The molecule has 0 saturated carbocycles. The molecule has 0 unspecified atom stereocenters. The van der Waals surface area contributed by atoms with Gasteiger partial charge in [-0.25, -0.2) is 0 Å². The number of hydrazone groups is 1. The van der Waals surface area contributed by atoms with Crippen molar-refractivity contribution in [1.29, 1.82) is 5.26 Å². The molecule has 0 amide bonds. The molecule has 0 aliphatic heterocycles. The predicted molar refractivity (Wildman–Crippen MR) is 67.3 cm³/mol. The first-order valence-corrected chi connectivity index (χ1v) is 5.08. The van der Waals surface area contributed by atoms with Gasteiger partial charge in [0.2, 0.25) is 0 Å². The van der Waals surface area contributed by atoms with Crippen molar-refractivity contribution < 1.29 is 0 Å². The zero-order valence-corrected chi connectivity index (χ0v) is 10.2. The van der Waals surface area contributed by atoms with Crippen LogP contribution in [0, 0.1) is 18.3 Å². The van der Waals surface area contributed by atoms with Crippen molar-refractivity contribution in [2.24, 2.45) is 12.1 Å². The van der Waals surface area contributed by atoms with E-state index in [-0.39, 0.29) is 0 Å². The van der Waals surface area contributed by atoms with Crippen LogP contribution < -0.4 is 10.7 Å². The summed E-state index contributed by atoms with van der Waals surface area (Å²) < 4.78 is 1.82. The standard InChI is InChI=1S/C10H13N5S/c1-7-8(4-9(5-11)15(7)3)6-13-14-10(16)12-2/h4,6H,1-3H3,(H2,12,14,16)/b13-6-. The van der Waals surface area contributed by atoms with E-state index >= 15 is 0 Å². The van der Waals surface area contributed by atoms with Crippen molar-refractivity contribution in [3.63, 3.8) is 0 Å². The van der Waals surface area contributed by atoms with E-state index in [2.05, 4.69) is 21.9 Å². The Hall–Kier alpha value is -1.87. The second-order valence-electron chi connectivity index (χ2n) is 3.19.